The molecule has 0 fully saturated rings. The third-order valence-corrected chi connectivity index (χ3v) is 3.42. The molecule has 20 heavy (non-hydrogen) atoms. The summed E-state index contributed by atoms with van der Waals surface area (Å²) in [7, 11) is 0. The van der Waals surface area contributed by atoms with Gasteiger partial charge in [0, 0.05) is 23.6 Å². The summed E-state index contributed by atoms with van der Waals surface area (Å²) >= 11 is 0. The molecule has 3 aromatic rings. The summed E-state index contributed by atoms with van der Waals surface area (Å²) in [5.74, 6) is 0. The quantitative estimate of drug-likeness (QED) is 0.684. The largest absolute Gasteiger partial charge is 0.361 e. The van der Waals surface area contributed by atoms with Gasteiger partial charge in [0.15, 0.2) is 0 Å². The molecule has 104 valence electrons. The molecule has 0 saturated heterocycles. The molecule has 0 aliphatic heterocycles. The van der Waals surface area contributed by atoms with E-state index in [1.807, 2.05) is 0 Å². The smallest absolute Gasteiger partial charge is 0.0457 e. The Balaban J connectivity index is 0.00000147. The minimum Gasteiger partial charge on any atom is -0.361 e. The van der Waals surface area contributed by atoms with Crippen LogP contribution in [0.2, 0.25) is 0 Å². The number of halogens is 1. The van der Waals surface area contributed by atoms with Crippen LogP contribution in [0, 0.1) is 0 Å². The summed E-state index contributed by atoms with van der Waals surface area (Å²) in [6, 6.07) is 19.0. The van der Waals surface area contributed by atoms with E-state index in [-0.39, 0.29) is 12.4 Å². The Morgan fingerprint density at radius 2 is 1.65 bits per heavy atom. The summed E-state index contributed by atoms with van der Waals surface area (Å²) in [4.78, 5) is 3.31. The summed E-state index contributed by atoms with van der Waals surface area (Å²) in [6.45, 7) is 1.92. The average Bonchev–Trinajstić information content (AvgIpc) is 2.88. The molecule has 3 heteroatoms. The van der Waals surface area contributed by atoms with Crippen molar-refractivity contribution in [2.45, 2.75) is 13.0 Å². The lowest BCUT2D eigenvalue weighted by Crippen LogP contribution is -2.16. The highest BCUT2D eigenvalue weighted by molar-refractivity contribution is 5.85. The van der Waals surface area contributed by atoms with Crippen LogP contribution in [0.15, 0.2) is 60.8 Å². The van der Waals surface area contributed by atoms with E-state index in [0.29, 0.717) is 0 Å². The number of benzene rings is 2. The maximum atomic E-state index is 3.51. The SMILES string of the molecule is Cl.c1ccc(CCNCc2c[nH]c3ccccc23)cc1. The Hall–Kier alpha value is -1.77. The molecule has 0 spiro atoms. The zero-order valence-electron chi connectivity index (χ0n) is 11.3. The van der Waals surface area contributed by atoms with Crippen LogP contribution in [-0.4, -0.2) is 11.5 Å². The Morgan fingerprint density at radius 1 is 0.900 bits per heavy atom. The number of hydrogen-bond donors (Lipinski definition) is 2. The van der Waals surface area contributed by atoms with Crippen LogP contribution in [0.25, 0.3) is 10.9 Å². The van der Waals surface area contributed by atoms with E-state index >= 15 is 0 Å². The highest BCUT2D eigenvalue weighted by Gasteiger charge is 2.01. The highest BCUT2D eigenvalue weighted by atomic mass is 35.5. The third-order valence-electron chi connectivity index (χ3n) is 3.42. The zero-order valence-corrected chi connectivity index (χ0v) is 12.1. The molecule has 2 aromatic carbocycles. The molecule has 3 rings (SSSR count). The number of hydrogen-bond acceptors (Lipinski definition) is 1. The summed E-state index contributed by atoms with van der Waals surface area (Å²) in [6.07, 6.45) is 3.17. The van der Waals surface area contributed by atoms with Gasteiger partial charge in [-0.15, -0.1) is 12.4 Å². The summed E-state index contributed by atoms with van der Waals surface area (Å²) in [5, 5.41) is 4.82. The van der Waals surface area contributed by atoms with E-state index < -0.39 is 0 Å². The van der Waals surface area contributed by atoms with Crippen LogP contribution >= 0.6 is 12.4 Å². The predicted octanol–water partition coefficient (Wildman–Crippen LogP) is 3.92. The highest BCUT2D eigenvalue weighted by Crippen LogP contribution is 2.17. The molecule has 0 atom stereocenters. The molecule has 1 heterocycles. The lowest BCUT2D eigenvalue weighted by Gasteiger charge is -2.04. The second-order valence-corrected chi connectivity index (χ2v) is 4.77. The first kappa shape index (κ1) is 14.6. The average molecular weight is 287 g/mol. The van der Waals surface area contributed by atoms with Crippen molar-refractivity contribution in [2.75, 3.05) is 6.54 Å². The molecule has 2 N–H and O–H groups in total. The fourth-order valence-electron chi connectivity index (χ4n) is 2.38. The predicted molar refractivity (Wildman–Crippen MR) is 87.4 cm³/mol. The van der Waals surface area contributed by atoms with Crippen LogP contribution in [0.3, 0.4) is 0 Å². The van der Waals surface area contributed by atoms with E-state index in [1.54, 1.807) is 0 Å². The number of para-hydroxylation sites is 1. The molecule has 0 radical (unpaired) electrons. The zero-order chi connectivity index (χ0) is 12.9. The molecule has 0 aliphatic rings. The number of aromatic nitrogens is 1. The van der Waals surface area contributed by atoms with E-state index in [4.69, 9.17) is 0 Å². The van der Waals surface area contributed by atoms with Crippen molar-refractivity contribution in [3.63, 3.8) is 0 Å². The number of rotatable bonds is 5. The van der Waals surface area contributed by atoms with Crippen molar-refractivity contribution in [1.29, 1.82) is 0 Å². The van der Waals surface area contributed by atoms with Crippen molar-refractivity contribution < 1.29 is 0 Å². The fraction of sp³-hybridized carbons (Fsp3) is 0.176. The van der Waals surface area contributed by atoms with Gasteiger partial charge in [-0.3, -0.25) is 0 Å². The maximum absolute atomic E-state index is 3.51. The first-order valence-corrected chi connectivity index (χ1v) is 6.73. The van der Waals surface area contributed by atoms with E-state index in [1.165, 1.54) is 22.0 Å². The van der Waals surface area contributed by atoms with Gasteiger partial charge in [0.05, 0.1) is 0 Å². The monoisotopic (exact) mass is 286 g/mol. The summed E-state index contributed by atoms with van der Waals surface area (Å²) < 4.78 is 0. The lowest BCUT2D eigenvalue weighted by molar-refractivity contribution is 0.689. The van der Waals surface area contributed by atoms with E-state index in [0.717, 1.165) is 19.5 Å². The van der Waals surface area contributed by atoms with Crippen LogP contribution in [-0.2, 0) is 13.0 Å². The number of nitrogens with one attached hydrogen (secondary N) is 2. The second-order valence-electron chi connectivity index (χ2n) is 4.77. The van der Waals surface area contributed by atoms with Gasteiger partial charge in [-0.2, -0.15) is 0 Å². The Morgan fingerprint density at radius 3 is 2.50 bits per heavy atom. The first-order chi connectivity index (χ1) is 9.43. The molecule has 0 amide bonds. The maximum Gasteiger partial charge on any atom is 0.0457 e. The van der Waals surface area contributed by atoms with Crippen molar-refractivity contribution in [1.82, 2.24) is 10.3 Å². The van der Waals surface area contributed by atoms with Crippen LogP contribution in [0.4, 0.5) is 0 Å². The molecular weight excluding hydrogens is 268 g/mol. The second kappa shape index (κ2) is 7.13. The molecular formula is C17H19ClN2. The van der Waals surface area contributed by atoms with Crippen LogP contribution in [0.1, 0.15) is 11.1 Å². The van der Waals surface area contributed by atoms with Gasteiger partial charge in [-0.1, -0.05) is 48.5 Å². The van der Waals surface area contributed by atoms with Crippen LogP contribution < -0.4 is 5.32 Å². The summed E-state index contributed by atoms with van der Waals surface area (Å²) in [5.41, 5.74) is 3.93. The Bertz CT molecular complexity index is 646. The molecule has 1 aromatic heterocycles. The molecule has 2 nitrogen and oxygen atoms in total. The lowest BCUT2D eigenvalue weighted by atomic mass is 10.1. The van der Waals surface area contributed by atoms with Crippen LogP contribution in [0.5, 0.6) is 0 Å². The standard InChI is InChI=1S/C17H18N2.ClH/c1-2-6-14(7-3-1)10-11-18-12-15-13-19-17-9-5-4-8-16(15)17;/h1-9,13,18-19H,10-12H2;1H. The molecule has 0 bridgehead atoms. The van der Waals surface area contributed by atoms with Gasteiger partial charge in [0.25, 0.3) is 0 Å². The topological polar surface area (TPSA) is 27.8 Å². The Labute approximate surface area is 125 Å². The normalized spacial score (nSPS) is 10.4. The third kappa shape index (κ3) is 3.41. The minimum atomic E-state index is 0. The molecule has 0 unspecified atom stereocenters. The van der Waals surface area contributed by atoms with Gasteiger partial charge in [-0.05, 0) is 30.2 Å². The number of fused-ring (bicyclic) bond motifs is 1. The van der Waals surface area contributed by atoms with Crippen molar-refractivity contribution in [3.8, 4) is 0 Å². The number of H-pyrrole nitrogens is 1. The van der Waals surface area contributed by atoms with Gasteiger partial charge >= 0.3 is 0 Å². The van der Waals surface area contributed by atoms with E-state index in [2.05, 4.69) is 71.1 Å². The van der Waals surface area contributed by atoms with Gasteiger partial charge in [0.2, 0.25) is 0 Å². The van der Waals surface area contributed by atoms with Crippen molar-refractivity contribution in [3.05, 3.63) is 71.9 Å². The van der Waals surface area contributed by atoms with Gasteiger partial charge < -0.3 is 10.3 Å². The molecule has 0 aliphatic carbocycles. The van der Waals surface area contributed by atoms with Gasteiger partial charge in [0.1, 0.15) is 0 Å². The Kier molecular flexibility index (Phi) is 5.22. The van der Waals surface area contributed by atoms with Gasteiger partial charge in [-0.25, -0.2) is 0 Å². The van der Waals surface area contributed by atoms with Crippen molar-refractivity contribution in [2.24, 2.45) is 0 Å². The fourth-order valence-corrected chi connectivity index (χ4v) is 2.38. The molecule has 0 saturated carbocycles. The minimum absolute atomic E-state index is 0. The number of aromatic amines is 1. The first-order valence-electron chi connectivity index (χ1n) is 6.73. The van der Waals surface area contributed by atoms with Crippen molar-refractivity contribution >= 4 is 23.3 Å². The van der Waals surface area contributed by atoms with E-state index in [9.17, 15) is 0 Å².